The van der Waals surface area contributed by atoms with Gasteiger partial charge in [-0.3, -0.25) is 0 Å². The van der Waals surface area contributed by atoms with Crippen LogP contribution in [0, 0.1) is 0 Å². The molecular formula is C9H10O3. The van der Waals surface area contributed by atoms with Crippen LogP contribution in [0.1, 0.15) is 11.1 Å². The molecule has 0 amide bonds. The van der Waals surface area contributed by atoms with E-state index in [0.29, 0.717) is 12.2 Å². The van der Waals surface area contributed by atoms with Crippen LogP contribution in [-0.2, 0) is 13.0 Å². The van der Waals surface area contributed by atoms with Crippen LogP contribution in [0.4, 0.5) is 0 Å². The summed E-state index contributed by atoms with van der Waals surface area (Å²) in [5.74, 6) is 0.943. The molecule has 0 aliphatic carbocycles. The molecule has 1 aliphatic rings. The number of aromatic hydroxyl groups is 1. The number of aliphatic hydroxyl groups is 1. The molecule has 1 aromatic rings. The summed E-state index contributed by atoms with van der Waals surface area (Å²) in [6.07, 6.45) is 0.816. The summed E-state index contributed by atoms with van der Waals surface area (Å²) in [7, 11) is 0. The monoisotopic (exact) mass is 166 g/mol. The minimum Gasteiger partial charge on any atom is -0.508 e. The normalized spacial score (nSPS) is 14.1. The van der Waals surface area contributed by atoms with Gasteiger partial charge in [-0.15, -0.1) is 0 Å². The molecule has 0 spiro atoms. The first-order valence-electron chi connectivity index (χ1n) is 3.89. The number of rotatable bonds is 1. The Morgan fingerprint density at radius 3 is 3.00 bits per heavy atom. The van der Waals surface area contributed by atoms with Gasteiger partial charge in [0.2, 0.25) is 0 Å². The summed E-state index contributed by atoms with van der Waals surface area (Å²) < 4.78 is 5.30. The highest BCUT2D eigenvalue weighted by atomic mass is 16.5. The van der Waals surface area contributed by atoms with Gasteiger partial charge in [-0.2, -0.15) is 0 Å². The molecule has 1 aliphatic heterocycles. The Balaban J connectivity index is 2.55. The first kappa shape index (κ1) is 7.43. The van der Waals surface area contributed by atoms with Gasteiger partial charge in [0.15, 0.2) is 0 Å². The summed E-state index contributed by atoms with van der Waals surface area (Å²) in [4.78, 5) is 0. The Labute approximate surface area is 70.2 Å². The largest absolute Gasteiger partial charge is 0.508 e. The van der Waals surface area contributed by atoms with Crippen LogP contribution in [-0.4, -0.2) is 16.8 Å². The molecule has 0 saturated carbocycles. The van der Waals surface area contributed by atoms with E-state index in [1.807, 2.05) is 0 Å². The lowest BCUT2D eigenvalue weighted by Gasteiger charge is -2.05. The third-order valence-corrected chi connectivity index (χ3v) is 2.02. The average molecular weight is 166 g/mol. The molecule has 0 bridgehead atoms. The van der Waals surface area contributed by atoms with E-state index < -0.39 is 0 Å². The van der Waals surface area contributed by atoms with Crippen molar-refractivity contribution in [2.75, 3.05) is 6.61 Å². The molecule has 3 heteroatoms. The van der Waals surface area contributed by atoms with Crippen molar-refractivity contribution in [2.24, 2.45) is 0 Å². The summed E-state index contributed by atoms with van der Waals surface area (Å²) in [6, 6.07) is 3.21. The van der Waals surface area contributed by atoms with E-state index in [4.69, 9.17) is 9.84 Å². The lowest BCUT2D eigenvalue weighted by atomic mass is 10.1. The fourth-order valence-electron chi connectivity index (χ4n) is 1.49. The molecule has 0 aromatic heterocycles. The fourth-order valence-corrected chi connectivity index (χ4v) is 1.49. The highest BCUT2D eigenvalue weighted by Gasteiger charge is 2.16. The van der Waals surface area contributed by atoms with Crippen molar-refractivity contribution in [3.63, 3.8) is 0 Å². The third-order valence-electron chi connectivity index (χ3n) is 2.02. The maximum Gasteiger partial charge on any atom is 0.128 e. The van der Waals surface area contributed by atoms with Crippen LogP contribution in [0.2, 0.25) is 0 Å². The van der Waals surface area contributed by atoms with E-state index in [1.54, 1.807) is 6.07 Å². The van der Waals surface area contributed by atoms with Crippen molar-refractivity contribution in [3.8, 4) is 11.5 Å². The molecule has 0 saturated heterocycles. The molecule has 1 heterocycles. The van der Waals surface area contributed by atoms with Crippen LogP contribution < -0.4 is 4.74 Å². The average Bonchev–Trinajstić information content (AvgIpc) is 2.50. The van der Waals surface area contributed by atoms with Crippen LogP contribution in [0.25, 0.3) is 0 Å². The zero-order valence-corrected chi connectivity index (χ0v) is 6.58. The standard InChI is InChI=1S/C9H10O3/c10-5-7-4-8(11)3-6-1-2-12-9(6)7/h3-4,10-11H,1-2,5H2. The van der Waals surface area contributed by atoms with Crippen LogP contribution >= 0.6 is 0 Å². The first-order chi connectivity index (χ1) is 5.81. The van der Waals surface area contributed by atoms with Crippen LogP contribution in [0.3, 0.4) is 0 Å². The van der Waals surface area contributed by atoms with Gasteiger partial charge in [0.25, 0.3) is 0 Å². The number of ether oxygens (including phenoxy) is 1. The second kappa shape index (κ2) is 2.68. The van der Waals surface area contributed by atoms with E-state index in [9.17, 15) is 5.11 Å². The number of phenolic OH excluding ortho intramolecular Hbond substituents is 1. The molecule has 1 aromatic carbocycles. The SMILES string of the molecule is OCc1cc(O)cc2c1OCC2. The number of fused-ring (bicyclic) bond motifs is 1. The lowest BCUT2D eigenvalue weighted by molar-refractivity contribution is 0.270. The molecule has 0 atom stereocenters. The molecular weight excluding hydrogens is 156 g/mol. The van der Waals surface area contributed by atoms with Crippen LogP contribution in [0.5, 0.6) is 11.5 Å². The summed E-state index contributed by atoms with van der Waals surface area (Å²) in [6.45, 7) is 0.558. The van der Waals surface area contributed by atoms with Crippen molar-refractivity contribution < 1.29 is 14.9 Å². The Kier molecular flexibility index (Phi) is 1.66. The Morgan fingerprint density at radius 1 is 1.42 bits per heavy atom. The fraction of sp³-hybridized carbons (Fsp3) is 0.333. The van der Waals surface area contributed by atoms with Gasteiger partial charge >= 0.3 is 0 Å². The minimum absolute atomic E-state index is 0.0866. The van der Waals surface area contributed by atoms with Gasteiger partial charge < -0.3 is 14.9 Å². The van der Waals surface area contributed by atoms with E-state index in [2.05, 4.69) is 0 Å². The zero-order valence-electron chi connectivity index (χ0n) is 6.58. The third kappa shape index (κ3) is 1.02. The summed E-state index contributed by atoms with van der Waals surface area (Å²) >= 11 is 0. The predicted octanol–water partition coefficient (Wildman–Crippen LogP) is 0.819. The van der Waals surface area contributed by atoms with Crippen molar-refractivity contribution >= 4 is 0 Å². The second-order valence-electron chi connectivity index (χ2n) is 2.85. The van der Waals surface area contributed by atoms with Crippen molar-refractivity contribution in [2.45, 2.75) is 13.0 Å². The predicted molar refractivity (Wildman–Crippen MR) is 43.2 cm³/mol. The van der Waals surface area contributed by atoms with Crippen molar-refractivity contribution in [3.05, 3.63) is 23.3 Å². The van der Waals surface area contributed by atoms with Gasteiger partial charge in [-0.1, -0.05) is 0 Å². The summed E-state index contributed by atoms with van der Waals surface area (Å²) in [5.41, 5.74) is 1.65. The number of hydrogen-bond acceptors (Lipinski definition) is 3. The van der Waals surface area contributed by atoms with E-state index >= 15 is 0 Å². The molecule has 64 valence electrons. The van der Waals surface area contributed by atoms with Gasteiger partial charge in [-0.25, -0.2) is 0 Å². The van der Waals surface area contributed by atoms with E-state index in [1.165, 1.54) is 6.07 Å². The zero-order chi connectivity index (χ0) is 8.55. The number of phenols is 1. The van der Waals surface area contributed by atoms with E-state index in [0.717, 1.165) is 17.7 Å². The molecule has 3 nitrogen and oxygen atoms in total. The van der Waals surface area contributed by atoms with Gasteiger partial charge in [0.05, 0.1) is 13.2 Å². The minimum atomic E-state index is -0.0866. The Hall–Kier alpha value is -1.22. The number of hydrogen-bond donors (Lipinski definition) is 2. The maximum atomic E-state index is 9.24. The van der Waals surface area contributed by atoms with Gasteiger partial charge in [-0.05, 0) is 12.1 Å². The molecule has 12 heavy (non-hydrogen) atoms. The number of benzene rings is 1. The molecule has 0 radical (unpaired) electrons. The van der Waals surface area contributed by atoms with Gasteiger partial charge in [0, 0.05) is 17.5 Å². The quantitative estimate of drug-likeness (QED) is 0.649. The van der Waals surface area contributed by atoms with E-state index in [-0.39, 0.29) is 12.4 Å². The summed E-state index contributed by atoms with van der Waals surface area (Å²) in [5, 5.41) is 18.2. The second-order valence-corrected chi connectivity index (χ2v) is 2.85. The molecule has 2 rings (SSSR count). The Bertz CT molecular complexity index is 307. The molecule has 2 N–H and O–H groups in total. The van der Waals surface area contributed by atoms with Crippen molar-refractivity contribution in [1.82, 2.24) is 0 Å². The molecule has 0 fully saturated rings. The smallest absolute Gasteiger partial charge is 0.128 e. The van der Waals surface area contributed by atoms with Crippen molar-refractivity contribution in [1.29, 1.82) is 0 Å². The Morgan fingerprint density at radius 2 is 2.25 bits per heavy atom. The van der Waals surface area contributed by atoms with Crippen LogP contribution in [0.15, 0.2) is 12.1 Å². The highest BCUT2D eigenvalue weighted by molar-refractivity contribution is 5.48. The number of aliphatic hydroxyl groups excluding tert-OH is 1. The maximum absolute atomic E-state index is 9.24. The lowest BCUT2D eigenvalue weighted by Crippen LogP contribution is -1.91. The van der Waals surface area contributed by atoms with Gasteiger partial charge in [0.1, 0.15) is 11.5 Å². The topological polar surface area (TPSA) is 49.7 Å². The highest BCUT2D eigenvalue weighted by Crippen LogP contribution is 2.33. The molecule has 0 unspecified atom stereocenters. The first-order valence-corrected chi connectivity index (χ1v) is 3.89.